The third kappa shape index (κ3) is 13.4. The van der Waals surface area contributed by atoms with Crippen molar-refractivity contribution in [3.63, 3.8) is 0 Å². The second-order valence-corrected chi connectivity index (χ2v) is 6.19. The Kier molecular flexibility index (Phi) is 9.78. The summed E-state index contributed by atoms with van der Waals surface area (Å²) in [5.74, 6) is 0.578. The van der Waals surface area contributed by atoms with Crippen LogP contribution < -0.4 is 16.0 Å². The van der Waals surface area contributed by atoms with Crippen molar-refractivity contribution in [1.29, 1.82) is 0 Å². The van der Waals surface area contributed by atoms with Crippen molar-refractivity contribution < 1.29 is 9.53 Å². The van der Waals surface area contributed by atoms with Crippen LogP contribution >= 0.6 is 0 Å². The minimum absolute atomic E-state index is 0.0807. The molecule has 0 aliphatic heterocycles. The summed E-state index contributed by atoms with van der Waals surface area (Å²) in [6.45, 7) is 14.2. The highest BCUT2D eigenvalue weighted by Crippen LogP contribution is 1.97. The topological polar surface area (TPSA) is 74.8 Å². The van der Waals surface area contributed by atoms with Crippen LogP contribution in [0, 0.1) is 0 Å². The summed E-state index contributed by atoms with van der Waals surface area (Å²) in [4.78, 5) is 16.0. The molecule has 0 atom stereocenters. The molecule has 0 saturated carbocycles. The first-order valence-electron chi connectivity index (χ1n) is 7.69. The lowest BCUT2D eigenvalue weighted by molar-refractivity contribution is -0.121. The molecule has 0 aliphatic carbocycles. The number of ether oxygens (including phenoxy) is 1. The molecule has 1 amide bonds. The summed E-state index contributed by atoms with van der Waals surface area (Å²) in [5.41, 5.74) is -0.230. The Balaban J connectivity index is 4.09. The molecule has 0 heterocycles. The maximum Gasteiger partial charge on any atom is 0.242 e. The minimum Gasteiger partial charge on any atom is -0.379 e. The largest absolute Gasteiger partial charge is 0.379 e. The molecule has 0 saturated heterocycles. The quantitative estimate of drug-likeness (QED) is 0.358. The third-order valence-corrected chi connectivity index (χ3v) is 2.30. The van der Waals surface area contributed by atoms with Crippen molar-refractivity contribution in [1.82, 2.24) is 16.0 Å². The van der Waals surface area contributed by atoms with Crippen LogP contribution in [0.15, 0.2) is 4.99 Å². The number of aliphatic imine (C=N–C) groups is 1. The van der Waals surface area contributed by atoms with E-state index in [0.29, 0.717) is 12.6 Å². The monoisotopic (exact) mass is 300 g/mol. The molecular formula is C15H32N4O2. The molecular weight excluding hydrogens is 268 g/mol. The Bertz CT molecular complexity index is 322. The third-order valence-electron chi connectivity index (χ3n) is 2.30. The molecule has 0 bridgehead atoms. The minimum atomic E-state index is -0.230. The molecule has 21 heavy (non-hydrogen) atoms. The Labute approximate surface area is 129 Å². The predicted octanol–water partition coefficient (Wildman–Crippen LogP) is 1.27. The maximum absolute atomic E-state index is 11.7. The van der Waals surface area contributed by atoms with E-state index in [0.717, 1.165) is 19.5 Å². The van der Waals surface area contributed by atoms with Crippen LogP contribution in [-0.2, 0) is 9.53 Å². The zero-order valence-corrected chi connectivity index (χ0v) is 14.4. The number of guanidine groups is 1. The lowest BCUT2D eigenvalue weighted by Crippen LogP contribution is -2.43. The molecule has 0 fully saturated rings. The highest BCUT2D eigenvalue weighted by atomic mass is 16.5. The molecule has 0 aromatic carbocycles. The normalized spacial score (nSPS) is 12.4. The molecule has 6 heteroatoms. The van der Waals surface area contributed by atoms with Crippen LogP contribution in [0.1, 0.15) is 48.0 Å². The van der Waals surface area contributed by atoms with E-state index in [-0.39, 0.29) is 24.1 Å². The van der Waals surface area contributed by atoms with Crippen LogP contribution in [0.2, 0.25) is 0 Å². The van der Waals surface area contributed by atoms with Crippen LogP contribution in [0.5, 0.6) is 0 Å². The van der Waals surface area contributed by atoms with Gasteiger partial charge in [-0.3, -0.25) is 4.79 Å². The van der Waals surface area contributed by atoms with Gasteiger partial charge in [0.05, 0.1) is 6.10 Å². The zero-order valence-electron chi connectivity index (χ0n) is 14.4. The van der Waals surface area contributed by atoms with E-state index in [1.807, 2.05) is 41.5 Å². The number of rotatable bonds is 8. The fourth-order valence-corrected chi connectivity index (χ4v) is 1.55. The van der Waals surface area contributed by atoms with Gasteiger partial charge in [0.15, 0.2) is 5.96 Å². The van der Waals surface area contributed by atoms with Crippen molar-refractivity contribution in [3.8, 4) is 0 Å². The van der Waals surface area contributed by atoms with Gasteiger partial charge in [-0.1, -0.05) is 0 Å². The Morgan fingerprint density at radius 2 is 1.90 bits per heavy atom. The van der Waals surface area contributed by atoms with Crippen LogP contribution in [0.3, 0.4) is 0 Å². The van der Waals surface area contributed by atoms with Gasteiger partial charge in [-0.2, -0.15) is 0 Å². The molecule has 0 aromatic heterocycles. The average Bonchev–Trinajstić information content (AvgIpc) is 2.32. The van der Waals surface area contributed by atoms with Gasteiger partial charge in [0, 0.05) is 25.2 Å². The first kappa shape index (κ1) is 19.7. The van der Waals surface area contributed by atoms with Crippen molar-refractivity contribution in [2.24, 2.45) is 4.99 Å². The summed E-state index contributed by atoms with van der Waals surface area (Å²) in [7, 11) is 0. The lowest BCUT2D eigenvalue weighted by Gasteiger charge is -2.20. The van der Waals surface area contributed by atoms with Gasteiger partial charge in [0.1, 0.15) is 6.54 Å². The number of hydrogen-bond acceptors (Lipinski definition) is 3. The Morgan fingerprint density at radius 1 is 1.24 bits per heavy atom. The van der Waals surface area contributed by atoms with Crippen LogP contribution in [0.4, 0.5) is 0 Å². The van der Waals surface area contributed by atoms with Gasteiger partial charge >= 0.3 is 0 Å². The van der Waals surface area contributed by atoms with Gasteiger partial charge in [0.25, 0.3) is 0 Å². The van der Waals surface area contributed by atoms with Crippen molar-refractivity contribution >= 4 is 11.9 Å². The Morgan fingerprint density at radius 3 is 2.43 bits per heavy atom. The highest BCUT2D eigenvalue weighted by molar-refractivity contribution is 5.85. The van der Waals surface area contributed by atoms with Gasteiger partial charge in [-0.25, -0.2) is 4.99 Å². The fourth-order valence-electron chi connectivity index (χ4n) is 1.55. The lowest BCUT2D eigenvalue weighted by atomic mass is 10.1. The number of nitrogens with one attached hydrogen (secondary N) is 3. The van der Waals surface area contributed by atoms with Crippen LogP contribution in [0.25, 0.3) is 0 Å². The number of carbonyl (C=O) groups excluding carboxylic acids is 1. The van der Waals surface area contributed by atoms with E-state index in [1.165, 1.54) is 0 Å². The number of carbonyl (C=O) groups is 1. The fraction of sp³-hybridized carbons (Fsp3) is 0.867. The molecule has 0 rings (SSSR count). The molecule has 124 valence electrons. The number of nitrogens with zero attached hydrogens (tertiary/aromatic N) is 1. The smallest absolute Gasteiger partial charge is 0.242 e. The SMILES string of the molecule is CCNC(=NCC(=O)NC(C)(C)C)NCCCOC(C)C. The van der Waals surface area contributed by atoms with Gasteiger partial charge in [-0.05, 0) is 48.0 Å². The van der Waals surface area contributed by atoms with Gasteiger partial charge < -0.3 is 20.7 Å². The van der Waals surface area contributed by atoms with Gasteiger partial charge in [0.2, 0.25) is 5.91 Å². The van der Waals surface area contributed by atoms with E-state index in [2.05, 4.69) is 20.9 Å². The van der Waals surface area contributed by atoms with Crippen molar-refractivity contribution in [2.75, 3.05) is 26.2 Å². The first-order chi connectivity index (χ1) is 9.74. The second-order valence-electron chi connectivity index (χ2n) is 6.19. The highest BCUT2D eigenvalue weighted by Gasteiger charge is 2.13. The summed E-state index contributed by atoms with van der Waals surface area (Å²) < 4.78 is 5.47. The van der Waals surface area contributed by atoms with Crippen molar-refractivity contribution in [3.05, 3.63) is 0 Å². The first-order valence-corrected chi connectivity index (χ1v) is 7.69. The Hall–Kier alpha value is -1.30. The second kappa shape index (κ2) is 10.4. The molecule has 6 nitrogen and oxygen atoms in total. The van der Waals surface area contributed by atoms with Crippen LogP contribution in [-0.4, -0.2) is 49.8 Å². The summed E-state index contributed by atoms with van der Waals surface area (Å²) in [6.07, 6.45) is 1.16. The summed E-state index contributed by atoms with van der Waals surface area (Å²) >= 11 is 0. The number of hydrogen-bond donors (Lipinski definition) is 3. The molecule has 3 N–H and O–H groups in total. The van der Waals surface area contributed by atoms with E-state index in [1.54, 1.807) is 0 Å². The zero-order chi connectivity index (χ0) is 16.3. The van der Waals surface area contributed by atoms with Crippen molar-refractivity contribution in [2.45, 2.75) is 59.6 Å². The maximum atomic E-state index is 11.7. The molecule has 0 aromatic rings. The number of amides is 1. The predicted molar refractivity (Wildman–Crippen MR) is 87.6 cm³/mol. The van der Waals surface area contributed by atoms with E-state index < -0.39 is 0 Å². The standard InChI is InChI=1S/C15H32N4O2/c1-7-16-14(17-9-8-10-21-12(2)3)18-11-13(20)19-15(4,5)6/h12H,7-11H2,1-6H3,(H,19,20)(H2,16,17,18). The molecule has 0 spiro atoms. The summed E-state index contributed by atoms with van der Waals surface area (Å²) in [5, 5.41) is 9.19. The molecule has 0 aliphatic rings. The van der Waals surface area contributed by atoms with E-state index in [4.69, 9.17) is 4.74 Å². The average molecular weight is 300 g/mol. The van der Waals surface area contributed by atoms with E-state index in [9.17, 15) is 4.79 Å². The summed E-state index contributed by atoms with van der Waals surface area (Å²) in [6, 6.07) is 0. The van der Waals surface area contributed by atoms with E-state index >= 15 is 0 Å². The molecule has 0 unspecified atom stereocenters. The van der Waals surface area contributed by atoms with Gasteiger partial charge in [-0.15, -0.1) is 0 Å². The molecule has 0 radical (unpaired) electrons.